The highest BCUT2D eigenvalue weighted by Gasteiger charge is 2.24. The number of nitro groups is 1. The summed E-state index contributed by atoms with van der Waals surface area (Å²) in [5.41, 5.74) is 2.96. The number of nitrogens with zero attached hydrogens (tertiary/aromatic N) is 4. The van der Waals surface area contributed by atoms with Crippen LogP contribution in [0.1, 0.15) is 20.7 Å². The molecular weight excluding hydrogens is 514 g/mol. The van der Waals surface area contributed by atoms with E-state index in [1.54, 1.807) is 37.4 Å². The van der Waals surface area contributed by atoms with E-state index in [-0.39, 0.29) is 17.2 Å². The Morgan fingerprint density at radius 3 is 2.17 bits per heavy atom. The number of carbonyl (C=O) groups excluding carboxylic acids is 2. The molecule has 0 atom stereocenters. The van der Waals surface area contributed by atoms with Gasteiger partial charge in [-0.2, -0.15) is 0 Å². The van der Waals surface area contributed by atoms with Gasteiger partial charge >= 0.3 is 0 Å². The molecule has 3 aromatic rings. The van der Waals surface area contributed by atoms with Gasteiger partial charge in [0, 0.05) is 68.3 Å². The van der Waals surface area contributed by atoms with E-state index in [1.165, 1.54) is 12.1 Å². The number of nitrogens with one attached hydrogen (secondary N) is 1. The number of methoxy groups -OCH3 is 1. The number of morpholine rings is 1. The van der Waals surface area contributed by atoms with Crippen LogP contribution in [0.5, 0.6) is 5.75 Å². The molecule has 11 heteroatoms. The zero-order chi connectivity index (χ0) is 28.1. The standard InChI is InChI=1S/C29H31N5O6/c1-39-25-9-2-21(3-10-25)29(36)33-14-12-31(13-15-33)23-6-4-22(5-7-23)30-28(35)26-20-24(34(37)38)8-11-27(26)32-16-18-40-19-17-32/h2-11,20H,12-19H2,1H3,(H,30,35). The van der Waals surface area contributed by atoms with Crippen LogP contribution in [0.25, 0.3) is 0 Å². The van der Waals surface area contributed by atoms with Crippen LogP contribution >= 0.6 is 0 Å². The molecule has 1 N–H and O–H groups in total. The van der Waals surface area contributed by atoms with Crippen molar-refractivity contribution in [3.05, 3.63) is 88.0 Å². The molecule has 208 valence electrons. The predicted octanol–water partition coefficient (Wildman–Crippen LogP) is 3.65. The van der Waals surface area contributed by atoms with E-state index in [9.17, 15) is 19.7 Å². The van der Waals surface area contributed by atoms with Gasteiger partial charge in [-0.3, -0.25) is 19.7 Å². The Morgan fingerprint density at radius 1 is 0.875 bits per heavy atom. The van der Waals surface area contributed by atoms with Crippen molar-refractivity contribution in [1.29, 1.82) is 0 Å². The van der Waals surface area contributed by atoms with E-state index < -0.39 is 10.8 Å². The van der Waals surface area contributed by atoms with E-state index in [4.69, 9.17) is 9.47 Å². The molecule has 5 rings (SSSR count). The van der Waals surface area contributed by atoms with Crippen molar-refractivity contribution < 1.29 is 24.0 Å². The van der Waals surface area contributed by atoms with Crippen LogP contribution in [0.3, 0.4) is 0 Å². The quantitative estimate of drug-likeness (QED) is 0.353. The second-order valence-corrected chi connectivity index (χ2v) is 9.57. The van der Waals surface area contributed by atoms with Crippen LogP contribution in [-0.4, -0.2) is 81.2 Å². The monoisotopic (exact) mass is 545 g/mol. The topological polar surface area (TPSA) is 117 Å². The Kier molecular flexibility index (Phi) is 8.11. The molecule has 3 aromatic carbocycles. The molecule has 2 aliphatic rings. The first-order valence-electron chi connectivity index (χ1n) is 13.1. The molecule has 0 aromatic heterocycles. The maximum atomic E-state index is 13.2. The van der Waals surface area contributed by atoms with Crippen molar-refractivity contribution in [3.63, 3.8) is 0 Å². The van der Waals surface area contributed by atoms with E-state index in [2.05, 4.69) is 10.2 Å². The minimum atomic E-state index is -0.501. The Balaban J connectivity index is 1.22. The van der Waals surface area contributed by atoms with Gasteiger partial charge in [0.25, 0.3) is 17.5 Å². The largest absolute Gasteiger partial charge is 0.497 e. The third-order valence-corrected chi connectivity index (χ3v) is 7.18. The maximum absolute atomic E-state index is 13.2. The van der Waals surface area contributed by atoms with E-state index >= 15 is 0 Å². The lowest BCUT2D eigenvalue weighted by Crippen LogP contribution is -2.48. The van der Waals surface area contributed by atoms with Crippen molar-refractivity contribution in [3.8, 4) is 5.75 Å². The first-order valence-corrected chi connectivity index (χ1v) is 13.1. The average Bonchev–Trinajstić information content (AvgIpc) is 3.01. The third-order valence-electron chi connectivity index (χ3n) is 7.18. The molecular formula is C29H31N5O6. The highest BCUT2D eigenvalue weighted by molar-refractivity contribution is 6.08. The molecule has 2 saturated heterocycles. The smallest absolute Gasteiger partial charge is 0.270 e. The first-order chi connectivity index (χ1) is 19.4. The highest BCUT2D eigenvalue weighted by atomic mass is 16.6. The molecule has 0 spiro atoms. The fourth-order valence-corrected chi connectivity index (χ4v) is 4.94. The van der Waals surface area contributed by atoms with Crippen molar-refractivity contribution in [1.82, 2.24) is 4.90 Å². The number of piperazine rings is 1. The number of anilines is 3. The van der Waals surface area contributed by atoms with Crippen LogP contribution in [0.2, 0.25) is 0 Å². The average molecular weight is 546 g/mol. The summed E-state index contributed by atoms with van der Waals surface area (Å²) in [4.78, 5) is 43.0. The second-order valence-electron chi connectivity index (χ2n) is 9.57. The zero-order valence-corrected chi connectivity index (χ0v) is 22.2. The molecule has 40 heavy (non-hydrogen) atoms. The molecule has 2 aliphatic heterocycles. The lowest BCUT2D eigenvalue weighted by molar-refractivity contribution is -0.384. The SMILES string of the molecule is COc1ccc(C(=O)N2CCN(c3ccc(NC(=O)c4cc([N+](=O)[O-])ccc4N4CCOCC4)cc3)CC2)cc1. The van der Waals surface area contributed by atoms with Crippen LogP contribution < -0.4 is 19.9 Å². The van der Waals surface area contributed by atoms with Gasteiger partial charge in [0.15, 0.2) is 0 Å². The lowest BCUT2D eigenvalue weighted by atomic mass is 10.1. The molecule has 0 radical (unpaired) electrons. The summed E-state index contributed by atoms with van der Waals surface area (Å²) in [7, 11) is 1.59. The fraction of sp³-hybridized carbons (Fsp3) is 0.310. The number of hydrogen-bond acceptors (Lipinski definition) is 8. The van der Waals surface area contributed by atoms with E-state index in [0.29, 0.717) is 75.2 Å². The minimum absolute atomic E-state index is 0.00189. The first kappa shape index (κ1) is 26.9. The van der Waals surface area contributed by atoms with Gasteiger partial charge in [0.05, 0.1) is 36.5 Å². The molecule has 2 fully saturated rings. The molecule has 2 heterocycles. The second kappa shape index (κ2) is 12.0. The summed E-state index contributed by atoms with van der Waals surface area (Å²) in [6.07, 6.45) is 0. The fourth-order valence-electron chi connectivity index (χ4n) is 4.94. The van der Waals surface area contributed by atoms with Crippen LogP contribution in [-0.2, 0) is 4.74 Å². The maximum Gasteiger partial charge on any atom is 0.270 e. The van der Waals surface area contributed by atoms with Gasteiger partial charge in [0.2, 0.25) is 0 Å². The molecule has 11 nitrogen and oxygen atoms in total. The summed E-state index contributed by atoms with van der Waals surface area (Å²) in [5.74, 6) is 0.296. The molecule has 0 bridgehead atoms. The summed E-state index contributed by atoms with van der Waals surface area (Å²) in [6, 6.07) is 19.0. The van der Waals surface area contributed by atoms with Crippen molar-refractivity contribution in [2.75, 3.05) is 74.7 Å². The summed E-state index contributed by atoms with van der Waals surface area (Å²) >= 11 is 0. The zero-order valence-electron chi connectivity index (χ0n) is 22.2. The molecule has 0 unspecified atom stereocenters. The van der Waals surface area contributed by atoms with E-state index in [1.807, 2.05) is 34.1 Å². The van der Waals surface area contributed by atoms with Crippen molar-refractivity contribution >= 4 is 34.6 Å². The summed E-state index contributed by atoms with van der Waals surface area (Å²) in [5, 5.41) is 14.3. The van der Waals surface area contributed by atoms with Gasteiger partial charge in [0.1, 0.15) is 5.75 Å². The Bertz CT molecular complexity index is 1360. The number of carbonyl (C=O) groups is 2. The lowest BCUT2D eigenvalue weighted by Gasteiger charge is -2.36. The highest BCUT2D eigenvalue weighted by Crippen LogP contribution is 2.28. The number of nitro benzene ring substituents is 1. The van der Waals surface area contributed by atoms with Crippen LogP contribution in [0.15, 0.2) is 66.7 Å². The van der Waals surface area contributed by atoms with Gasteiger partial charge in [-0.15, -0.1) is 0 Å². The Labute approximate surface area is 232 Å². The molecule has 2 amide bonds. The number of non-ortho nitro benzene ring substituents is 1. The molecule has 0 aliphatic carbocycles. The van der Waals surface area contributed by atoms with Crippen molar-refractivity contribution in [2.45, 2.75) is 0 Å². The normalized spacial score (nSPS) is 15.5. The van der Waals surface area contributed by atoms with Gasteiger partial charge in [-0.1, -0.05) is 0 Å². The summed E-state index contributed by atoms with van der Waals surface area (Å²) in [6.45, 7) is 4.83. The summed E-state index contributed by atoms with van der Waals surface area (Å²) < 4.78 is 10.6. The van der Waals surface area contributed by atoms with Gasteiger partial charge < -0.3 is 29.5 Å². The number of benzene rings is 3. The van der Waals surface area contributed by atoms with Crippen LogP contribution in [0, 0.1) is 10.1 Å². The van der Waals surface area contributed by atoms with E-state index in [0.717, 1.165) is 5.69 Å². The Morgan fingerprint density at radius 2 is 1.55 bits per heavy atom. The number of hydrogen-bond donors (Lipinski definition) is 1. The number of ether oxygens (including phenoxy) is 2. The van der Waals surface area contributed by atoms with Gasteiger partial charge in [-0.25, -0.2) is 0 Å². The number of rotatable bonds is 7. The Hall–Kier alpha value is -4.64. The van der Waals surface area contributed by atoms with Crippen LogP contribution in [0.4, 0.5) is 22.7 Å². The molecule has 0 saturated carbocycles. The number of amides is 2. The predicted molar refractivity (Wildman–Crippen MR) is 152 cm³/mol. The minimum Gasteiger partial charge on any atom is -0.497 e. The van der Waals surface area contributed by atoms with Crippen molar-refractivity contribution in [2.24, 2.45) is 0 Å². The van der Waals surface area contributed by atoms with Gasteiger partial charge in [-0.05, 0) is 54.6 Å². The third kappa shape index (κ3) is 5.99.